The maximum Gasteiger partial charge on any atom is 0.344 e. The lowest BCUT2D eigenvalue weighted by molar-refractivity contribution is -0.145. The molecule has 0 fully saturated rings. The summed E-state index contributed by atoms with van der Waals surface area (Å²) in [6.45, 7) is 1.66. The number of aliphatic hydroxyl groups excluding tert-OH is 1. The van der Waals surface area contributed by atoms with E-state index in [9.17, 15) is 4.79 Å². The molecule has 0 saturated heterocycles. The second-order valence-corrected chi connectivity index (χ2v) is 3.44. The Bertz CT molecular complexity index is 365. The number of halogens is 1. The molecule has 0 radical (unpaired) electrons. The highest BCUT2D eigenvalue weighted by atomic mass is 35.5. The van der Waals surface area contributed by atoms with Crippen LogP contribution in [0.25, 0.3) is 0 Å². The van der Waals surface area contributed by atoms with E-state index < -0.39 is 5.97 Å². The van der Waals surface area contributed by atoms with Crippen LogP contribution in [0.5, 0.6) is 5.75 Å². The van der Waals surface area contributed by atoms with Gasteiger partial charge in [-0.2, -0.15) is 0 Å². The monoisotopic (exact) mass is 244 g/mol. The van der Waals surface area contributed by atoms with Crippen LogP contribution in [0, 0.1) is 0 Å². The number of ether oxygens (including phenoxy) is 2. The Balaban J connectivity index is 2.65. The predicted octanol–water partition coefficient (Wildman–Crippen LogP) is 1.77. The minimum absolute atomic E-state index is 0.171. The third-order valence-corrected chi connectivity index (χ3v) is 2.09. The standard InChI is InChI=1S/C11H13ClO4/c1-2-15-11(14)7-16-10-5-9(12)4-3-8(10)6-13/h3-5,13H,2,6-7H2,1H3. The Kier molecular flexibility index (Phi) is 5.08. The van der Waals surface area contributed by atoms with Gasteiger partial charge in [-0.1, -0.05) is 17.7 Å². The molecule has 0 aromatic heterocycles. The van der Waals surface area contributed by atoms with E-state index in [0.29, 0.717) is 22.9 Å². The molecule has 16 heavy (non-hydrogen) atoms. The normalized spacial score (nSPS) is 9.94. The molecule has 0 saturated carbocycles. The highest BCUT2D eigenvalue weighted by Crippen LogP contribution is 2.23. The molecule has 0 aliphatic heterocycles. The highest BCUT2D eigenvalue weighted by Gasteiger charge is 2.07. The van der Waals surface area contributed by atoms with Crippen molar-refractivity contribution in [2.75, 3.05) is 13.2 Å². The van der Waals surface area contributed by atoms with E-state index in [0.717, 1.165) is 0 Å². The summed E-state index contributed by atoms with van der Waals surface area (Å²) in [5.74, 6) is -0.0607. The number of rotatable bonds is 5. The van der Waals surface area contributed by atoms with E-state index in [1.165, 1.54) is 0 Å². The van der Waals surface area contributed by atoms with Crippen molar-refractivity contribution in [1.82, 2.24) is 0 Å². The van der Waals surface area contributed by atoms with Crippen molar-refractivity contribution in [2.45, 2.75) is 13.5 Å². The van der Waals surface area contributed by atoms with E-state index in [1.54, 1.807) is 25.1 Å². The third kappa shape index (κ3) is 3.72. The van der Waals surface area contributed by atoms with Crippen LogP contribution in [0.2, 0.25) is 5.02 Å². The smallest absolute Gasteiger partial charge is 0.344 e. The molecule has 4 nitrogen and oxygen atoms in total. The Morgan fingerprint density at radius 1 is 1.50 bits per heavy atom. The summed E-state index contributed by atoms with van der Waals surface area (Å²) in [4.78, 5) is 11.1. The van der Waals surface area contributed by atoms with Crippen LogP contribution in [-0.2, 0) is 16.1 Å². The second kappa shape index (κ2) is 6.35. The lowest BCUT2D eigenvalue weighted by Gasteiger charge is -2.09. The summed E-state index contributed by atoms with van der Waals surface area (Å²) in [7, 11) is 0. The van der Waals surface area contributed by atoms with Gasteiger partial charge in [0, 0.05) is 10.6 Å². The van der Waals surface area contributed by atoms with Gasteiger partial charge in [-0.25, -0.2) is 4.79 Å². The molecule has 5 heteroatoms. The SMILES string of the molecule is CCOC(=O)COc1cc(Cl)ccc1CO. The fourth-order valence-electron chi connectivity index (χ4n) is 1.13. The molecule has 0 aliphatic rings. The molecule has 0 heterocycles. The molecule has 1 rings (SSSR count). The van der Waals surface area contributed by atoms with Crippen LogP contribution in [0.1, 0.15) is 12.5 Å². The first kappa shape index (κ1) is 12.8. The fraction of sp³-hybridized carbons (Fsp3) is 0.364. The maximum atomic E-state index is 11.1. The first-order chi connectivity index (χ1) is 7.67. The number of hydrogen-bond donors (Lipinski definition) is 1. The molecule has 0 spiro atoms. The van der Waals surface area contributed by atoms with Crippen LogP contribution >= 0.6 is 11.6 Å². The van der Waals surface area contributed by atoms with Gasteiger partial charge in [0.1, 0.15) is 5.75 Å². The van der Waals surface area contributed by atoms with Crippen LogP contribution in [0.3, 0.4) is 0 Å². The van der Waals surface area contributed by atoms with Gasteiger partial charge in [0.25, 0.3) is 0 Å². The number of carbonyl (C=O) groups excluding carboxylic acids is 1. The van der Waals surface area contributed by atoms with E-state index in [4.69, 9.17) is 26.2 Å². The minimum atomic E-state index is -0.452. The van der Waals surface area contributed by atoms with Crippen molar-refractivity contribution in [2.24, 2.45) is 0 Å². The predicted molar refractivity (Wildman–Crippen MR) is 59.5 cm³/mol. The highest BCUT2D eigenvalue weighted by molar-refractivity contribution is 6.30. The Morgan fingerprint density at radius 3 is 2.88 bits per heavy atom. The summed E-state index contributed by atoms with van der Waals surface area (Å²) in [6, 6.07) is 4.83. The fourth-order valence-corrected chi connectivity index (χ4v) is 1.29. The first-order valence-corrected chi connectivity index (χ1v) is 5.23. The van der Waals surface area contributed by atoms with E-state index in [2.05, 4.69) is 0 Å². The number of esters is 1. The van der Waals surface area contributed by atoms with Crippen molar-refractivity contribution < 1.29 is 19.4 Å². The zero-order chi connectivity index (χ0) is 12.0. The van der Waals surface area contributed by atoms with Gasteiger partial charge in [-0.3, -0.25) is 0 Å². The van der Waals surface area contributed by atoms with E-state index in [1.807, 2.05) is 0 Å². The van der Waals surface area contributed by atoms with Crippen LogP contribution in [0.15, 0.2) is 18.2 Å². The zero-order valence-electron chi connectivity index (χ0n) is 8.90. The Labute approximate surface area is 98.7 Å². The van der Waals surface area contributed by atoms with Gasteiger partial charge >= 0.3 is 5.97 Å². The van der Waals surface area contributed by atoms with Crippen molar-refractivity contribution in [1.29, 1.82) is 0 Å². The molecule has 0 unspecified atom stereocenters. The van der Waals surface area contributed by atoms with Gasteiger partial charge in [0.15, 0.2) is 6.61 Å². The number of hydrogen-bond acceptors (Lipinski definition) is 4. The summed E-state index contributed by atoms with van der Waals surface area (Å²) < 4.78 is 9.91. The van der Waals surface area contributed by atoms with Gasteiger partial charge < -0.3 is 14.6 Å². The van der Waals surface area contributed by atoms with Gasteiger partial charge in [0.05, 0.1) is 13.2 Å². The van der Waals surface area contributed by atoms with Crippen molar-refractivity contribution in [3.05, 3.63) is 28.8 Å². The van der Waals surface area contributed by atoms with Crippen molar-refractivity contribution in [3.63, 3.8) is 0 Å². The van der Waals surface area contributed by atoms with Crippen LogP contribution < -0.4 is 4.74 Å². The van der Waals surface area contributed by atoms with Crippen molar-refractivity contribution in [3.8, 4) is 5.75 Å². The number of carbonyl (C=O) groups is 1. The van der Waals surface area contributed by atoms with E-state index in [-0.39, 0.29) is 13.2 Å². The molecule has 0 atom stereocenters. The molecule has 0 amide bonds. The molecule has 0 bridgehead atoms. The minimum Gasteiger partial charge on any atom is -0.481 e. The average molecular weight is 245 g/mol. The molecular weight excluding hydrogens is 232 g/mol. The molecule has 1 N–H and O–H groups in total. The number of benzene rings is 1. The second-order valence-electron chi connectivity index (χ2n) is 3.00. The molecule has 1 aromatic carbocycles. The lowest BCUT2D eigenvalue weighted by Crippen LogP contribution is -2.15. The Hall–Kier alpha value is -1.26. The zero-order valence-corrected chi connectivity index (χ0v) is 9.66. The Morgan fingerprint density at radius 2 is 2.25 bits per heavy atom. The molecular formula is C11H13ClO4. The van der Waals surface area contributed by atoms with Gasteiger partial charge in [-0.05, 0) is 19.1 Å². The molecule has 88 valence electrons. The first-order valence-electron chi connectivity index (χ1n) is 4.85. The largest absolute Gasteiger partial charge is 0.481 e. The molecule has 0 aliphatic carbocycles. The van der Waals surface area contributed by atoms with Crippen LogP contribution in [-0.4, -0.2) is 24.3 Å². The summed E-state index contributed by atoms with van der Waals surface area (Å²) in [5, 5.41) is 9.52. The van der Waals surface area contributed by atoms with Crippen LogP contribution in [0.4, 0.5) is 0 Å². The lowest BCUT2D eigenvalue weighted by atomic mass is 10.2. The van der Waals surface area contributed by atoms with E-state index >= 15 is 0 Å². The average Bonchev–Trinajstić information content (AvgIpc) is 2.27. The quantitative estimate of drug-likeness (QED) is 0.802. The summed E-state index contributed by atoms with van der Waals surface area (Å²) >= 11 is 5.77. The number of aliphatic hydroxyl groups is 1. The summed E-state index contributed by atoms with van der Waals surface area (Å²) in [5.41, 5.74) is 0.577. The van der Waals surface area contributed by atoms with Crippen molar-refractivity contribution >= 4 is 17.6 Å². The van der Waals surface area contributed by atoms with Gasteiger partial charge in [-0.15, -0.1) is 0 Å². The topological polar surface area (TPSA) is 55.8 Å². The molecule has 1 aromatic rings. The third-order valence-electron chi connectivity index (χ3n) is 1.85. The summed E-state index contributed by atoms with van der Waals surface area (Å²) in [6.07, 6.45) is 0. The van der Waals surface area contributed by atoms with Gasteiger partial charge in [0.2, 0.25) is 0 Å². The maximum absolute atomic E-state index is 11.1.